The summed E-state index contributed by atoms with van der Waals surface area (Å²) in [4.78, 5) is 17.7. The maximum Gasteiger partial charge on any atom is 0.204 e. The molecule has 1 aromatic heterocycles. The molecule has 1 aliphatic heterocycles. The highest BCUT2D eigenvalue weighted by atomic mass is 17.1. The van der Waals surface area contributed by atoms with Gasteiger partial charge in [-0.3, -0.25) is 10.1 Å². The number of benzene rings is 2. The molecule has 1 atom stereocenters. The van der Waals surface area contributed by atoms with E-state index in [1.54, 1.807) is 13.0 Å². The summed E-state index contributed by atoms with van der Waals surface area (Å²) in [5, 5.41) is 30.7. The number of phenols is 2. The van der Waals surface area contributed by atoms with Crippen molar-refractivity contribution in [2.24, 2.45) is 0 Å². The van der Waals surface area contributed by atoms with E-state index in [2.05, 4.69) is 11.5 Å². The van der Waals surface area contributed by atoms with Crippen LogP contribution >= 0.6 is 0 Å². The van der Waals surface area contributed by atoms with Crippen molar-refractivity contribution in [1.29, 1.82) is 0 Å². The zero-order valence-electron chi connectivity index (χ0n) is 16.9. The van der Waals surface area contributed by atoms with Gasteiger partial charge in [-0.15, -0.1) is 0 Å². The van der Waals surface area contributed by atoms with Crippen molar-refractivity contribution in [2.45, 2.75) is 38.9 Å². The molecule has 1 unspecified atom stereocenters. The van der Waals surface area contributed by atoms with Gasteiger partial charge < -0.3 is 19.4 Å². The number of phenolic OH excluding ortho intramolecular Hbond substituents is 2. The van der Waals surface area contributed by atoms with Crippen LogP contribution in [0.2, 0.25) is 0 Å². The summed E-state index contributed by atoms with van der Waals surface area (Å²) in [5.74, 6) is -0.188. The molecule has 0 aliphatic carbocycles. The Morgan fingerprint density at radius 1 is 1.27 bits per heavy atom. The quantitative estimate of drug-likeness (QED) is 0.251. The molecule has 7 heteroatoms. The number of para-hydroxylation sites is 1. The molecule has 2 heterocycles. The zero-order chi connectivity index (χ0) is 21.8. The Kier molecular flexibility index (Phi) is 4.60. The Morgan fingerprint density at radius 3 is 2.67 bits per heavy atom. The molecule has 3 N–H and O–H groups in total. The second-order valence-corrected chi connectivity index (χ2v) is 8.04. The zero-order valence-corrected chi connectivity index (χ0v) is 16.9. The number of hydrogen-bond donors (Lipinski definition) is 3. The predicted octanol–water partition coefficient (Wildman–Crippen LogP) is 4.52. The molecular weight excluding hydrogens is 388 g/mol. The average molecular weight is 410 g/mol. The van der Waals surface area contributed by atoms with Crippen molar-refractivity contribution < 1.29 is 29.5 Å². The van der Waals surface area contributed by atoms with Gasteiger partial charge in [0.25, 0.3) is 0 Å². The molecule has 4 rings (SSSR count). The van der Waals surface area contributed by atoms with Crippen LogP contribution in [0.15, 0.2) is 45.6 Å². The van der Waals surface area contributed by atoms with Crippen LogP contribution in [0.1, 0.15) is 31.9 Å². The summed E-state index contributed by atoms with van der Waals surface area (Å²) in [6, 6.07) is 4.46. The first kappa shape index (κ1) is 20.0. The third-order valence-electron chi connectivity index (χ3n) is 5.27. The van der Waals surface area contributed by atoms with Crippen LogP contribution in [0.3, 0.4) is 0 Å². The lowest BCUT2D eigenvalue weighted by atomic mass is 9.92. The normalized spacial score (nSPS) is 15.7. The van der Waals surface area contributed by atoms with Crippen molar-refractivity contribution in [1.82, 2.24) is 0 Å². The van der Waals surface area contributed by atoms with Gasteiger partial charge in [-0.1, -0.05) is 12.6 Å². The van der Waals surface area contributed by atoms with Crippen molar-refractivity contribution in [3.05, 3.63) is 57.8 Å². The van der Waals surface area contributed by atoms with E-state index in [9.17, 15) is 20.3 Å². The van der Waals surface area contributed by atoms with E-state index in [1.807, 2.05) is 19.9 Å². The molecule has 0 amide bonds. The highest BCUT2D eigenvalue weighted by Gasteiger charge is 2.32. The largest absolute Gasteiger partial charge is 0.507 e. The number of ether oxygens (including phenoxy) is 1. The third-order valence-corrected chi connectivity index (χ3v) is 5.27. The number of aromatic hydroxyl groups is 2. The van der Waals surface area contributed by atoms with Crippen molar-refractivity contribution in [3.63, 3.8) is 0 Å². The summed E-state index contributed by atoms with van der Waals surface area (Å²) < 4.78 is 12.0. The SMILES string of the molecule is C=C(C)C(Cc1c2c(c3oc4c(O)cccc4c(=O)c3c1O)C=CC(C)(C)O2)OO. The number of rotatable bonds is 4. The average Bonchev–Trinajstić information content (AvgIpc) is 2.67. The molecule has 0 fully saturated rings. The van der Waals surface area contributed by atoms with Gasteiger partial charge in [0.15, 0.2) is 16.9 Å². The summed E-state index contributed by atoms with van der Waals surface area (Å²) in [6.45, 7) is 9.17. The minimum Gasteiger partial charge on any atom is -0.507 e. The van der Waals surface area contributed by atoms with Crippen molar-refractivity contribution in [2.75, 3.05) is 0 Å². The fraction of sp³-hybridized carbons (Fsp3) is 0.261. The molecule has 1 aliphatic rings. The van der Waals surface area contributed by atoms with Gasteiger partial charge in [-0.05, 0) is 50.6 Å². The second-order valence-electron chi connectivity index (χ2n) is 8.04. The highest BCUT2D eigenvalue weighted by Crippen LogP contribution is 2.46. The molecule has 30 heavy (non-hydrogen) atoms. The Morgan fingerprint density at radius 2 is 2.00 bits per heavy atom. The van der Waals surface area contributed by atoms with Crippen LogP contribution in [0.25, 0.3) is 28.0 Å². The first-order valence-electron chi connectivity index (χ1n) is 9.44. The van der Waals surface area contributed by atoms with Gasteiger partial charge >= 0.3 is 0 Å². The fourth-order valence-corrected chi connectivity index (χ4v) is 3.66. The van der Waals surface area contributed by atoms with Crippen LogP contribution in [-0.4, -0.2) is 27.2 Å². The predicted molar refractivity (Wildman–Crippen MR) is 113 cm³/mol. The summed E-state index contributed by atoms with van der Waals surface area (Å²) in [5.41, 5.74) is 0.252. The van der Waals surface area contributed by atoms with Crippen LogP contribution < -0.4 is 10.2 Å². The lowest BCUT2D eigenvalue weighted by Gasteiger charge is -2.31. The van der Waals surface area contributed by atoms with E-state index in [1.165, 1.54) is 18.2 Å². The topological polar surface area (TPSA) is 109 Å². The van der Waals surface area contributed by atoms with E-state index in [0.29, 0.717) is 22.4 Å². The minimum atomic E-state index is -0.813. The van der Waals surface area contributed by atoms with Crippen LogP contribution in [0, 0.1) is 0 Å². The first-order valence-corrected chi connectivity index (χ1v) is 9.44. The van der Waals surface area contributed by atoms with E-state index >= 15 is 0 Å². The minimum absolute atomic E-state index is 0.0252. The molecule has 0 radical (unpaired) electrons. The standard InChI is InChI=1S/C23H22O7/c1-11(2)16(30-27)10-14-19(26)17-18(25)12-6-5-7-15(24)21(12)28-22(17)13-8-9-23(3,4)29-20(13)14/h5-9,16,24,26-27H,1,10H2,2-4H3. The van der Waals surface area contributed by atoms with E-state index < -0.39 is 17.1 Å². The lowest BCUT2D eigenvalue weighted by Crippen LogP contribution is -2.29. The second kappa shape index (κ2) is 6.90. The maximum absolute atomic E-state index is 13.2. The van der Waals surface area contributed by atoms with E-state index in [-0.39, 0.29) is 39.9 Å². The molecule has 3 aromatic rings. The maximum atomic E-state index is 13.2. The van der Waals surface area contributed by atoms with Crippen LogP contribution in [0.5, 0.6) is 17.2 Å². The summed E-state index contributed by atoms with van der Waals surface area (Å²) in [6.07, 6.45) is 2.78. The Hall–Kier alpha value is -3.29. The molecule has 156 valence electrons. The van der Waals surface area contributed by atoms with Gasteiger partial charge in [0.2, 0.25) is 5.43 Å². The van der Waals surface area contributed by atoms with Crippen LogP contribution in [0.4, 0.5) is 0 Å². The highest BCUT2D eigenvalue weighted by molar-refractivity contribution is 6.01. The van der Waals surface area contributed by atoms with Gasteiger partial charge in [-0.2, -0.15) is 0 Å². The van der Waals surface area contributed by atoms with Gasteiger partial charge in [0, 0.05) is 12.0 Å². The molecular formula is C23H22O7. The monoisotopic (exact) mass is 410 g/mol. The fourth-order valence-electron chi connectivity index (χ4n) is 3.66. The van der Waals surface area contributed by atoms with Crippen molar-refractivity contribution >= 4 is 28.0 Å². The van der Waals surface area contributed by atoms with E-state index in [0.717, 1.165) is 0 Å². The van der Waals surface area contributed by atoms with E-state index in [4.69, 9.17) is 9.15 Å². The molecule has 7 nitrogen and oxygen atoms in total. The third kappa shape index (κ3) is 3.03. The Bertz CT molecular complexity index is 1280. The molecule has 0 bridgehead atoms. The number of fused-ring (bicyclic) bond motifs is 4. The Labute approximate surface area is 172 Å². The molecule has 2 aromatic carbocycles. The van der Waals surface area contributed by atoms with Gasteiger partial charge in [0.05, 0.1) is 10.9 Å². The first-order chi connectivity index (χ1) is 14.1. The van der Waals surface area contributed by atoms with Gasteiger partial charge in [-0.25, -0.2) is 4.89 Å². The van der Waals surface area contributed by atoms with Crippen molar-refractivity contribution in [3.8, 4) is 17.2 Å². The lowest BCUT2D eigenvalue weighted by molar-refractivity contribution is -0.268. The molecule has 0 saturated carbocycles. The molecule has 0 spiro atoms. The van der Waals surface area contributed by atoms with Gasteiger partial charge in [0.1, 0.15) is 28.6 Å². The smallest absolute Gasteiger partial charge is 0.204 e. The van der Waals surface area contributed by atoms with Crippen LogP contribution in [-0.2, 0) is 11.3 Å². The Balaban J connectivity index is 2.14. The molecule has 0 saturated heterocycles. The number of hydrogen-bond acceptors (Lipinski definition) is 7. The summed E-state index contributed by atoms with van der Waals surface area (Å²) in [7, 11) is 0. The summed E-state index contributed by atoms with van der Waals surface area (Å²) >= 11 is 0.